The summed E-state index contributed by atoms with van der Waals surface area (Å²) in [5.74, 6) is 0.848. The van der Waals surface area contributed by atoms with Gasteiger partial charge in [0.15, 0.2) is 0 Å². The van der Waals surface area contributed by atoms with Crippen LogP contribution in [0.4, 0.5) is 0 Å². The number of para-hydroxylation sites is 1. The average molecular weight is 567 g/mol. The Morgan fingerprint density at radius 1 is 0.372 bits per heavy atom. The van der Waals surface area contributed by atoms with Crippen LogP contribution in [-0.4, -0.2) is 0 Å². The highest BCUT2D eigenvalue weighted by Gasteiger charge is 2.21. The van der Waals surface area contributed by atoms with Gasteiger partial charge in [-0.1, -0.05) is 91.0 Å². The van der Waals surface area contributed by atoms with Crippen molar-refractivity contribution in [2.75, 3.05) is 0 Å². The molecule has 3 heterocycles. The maximum atomic E-state index is 6.66. The summed E-state index contributed by atoms with van der Waals surface area (Å²) in [7, 11) is 0. The first-order valence-electron chi connectivity index (χ1n) is 14.5. The van der Waals surface area contributed by atoms with E-state index in [4.69, 9.17) is 8.83 Å². The van der Waals surface area contributed by atoms with Gasteiger partial charge in [-0.25, -0.2) is 0 Å². The Labute approximate surface area is 250 Å². The number of benzene rings is 7. The summed E-state index contributed by atoms with van der Waals surface area (Å²) in [6, 6.07) is 47.7. The first-order chi connectivity index (χ1) is 21.3. The van der Waals surface area contributed by atoms with Crippen molar-refractivity contribution in [3.63, 3.8) is 0 Å². The SMILES string of the molecule is c1ccc2c(c1)oc1c3cc(-c4c5ccccc5c(-c5ccc6sc7ccccc7c6c5)c5ccccc45)oc3ccc21. The molecule has 3 aromatic heterocycles. The fourth-order valence-corrected chi connectivity index (χ4v) is 8.09. The molecule has 0 radical (unpaired) electrons. The number of hydrogen-bond donors (Lipinski definition) is 0. The van der Waals surface area contributed by atoms with E-state index in [2.05, 4.69) is 121 Å². The Kier molecular flexibility index (Phi) is 4.63. The topological polar surface area (TPSA) is 26.3 Å². The van der Waals surface area contributed by atoms with Gasteiger partial charge in [0.1, 0.15) is 22.5 Å². The monoisotopic (exact) mass is 566 g/mol. The van der Waals surface area contributed by atoms with E-state index < -0.39 is 0 Å². The van der Waals surface area contributed by atoms with E-state index in [-0.39, 0.29) is 0 Å². The van der Waals surface area contributed by atoms with Gasteiger partial charge in [-0.2, -0.15) is 0 Å². The third-order valence-corrected chi connectivity index (χ3v) is 10.0. The van der Waals surface area contributed by atoms with Crippen LogP contribution in [0.5, 0.6) is 0 Å². The van der Waals surface area contributed by atoms with Gasteiger partial charge in [0, 0.05) is 36.5 Å². The molecule has 3 heteroatoms. The Balaban J connectivity index is 1.28. The maximum absolute atomic E-state index is 6.66. The predicted octanol–water partition coefficient (Wildman–Crippen LogP) is 12.3. The van der Waals surface area contributed by atoms with Crippen molar-refractivity contribution >= 4 is 86.0 Å². The molecule has 0 unspecified atom stereocenters. The second-order valence-electron chi connectivity index (χ2n) is 11.2. The van der Waals surface area contributed by atoms with Gasteiger partial charge in [-0.15, -0.1) is 11.3 Å². The van der Waals surface area contributed by atoms with Crippen molar-refractivity contribution in [3.8, 4) is 22.5 Å². The van der Waals surface area contributed by atoms with Crippen LogP contribution in [-0.2, 0) is 0 Å². The summed E-state index contributed by atoms with van der Waals surface area (Å²) < 4.78 is 15.7. The Hall–Kier alpha value is -5.38. The molecule has 0 aliphatic rings. The van der Waals surface area contributed by atoms with Crippen LogP contribution in [0.25, 0.3) is 97.1 Å². The molecule has 10 aromatic rings. The Morgan fingerprint density at radius 3 is 1.74 bits per heavy atom. The van der Waals surface area contributed by atoms with E-state index in [0.717, 1.165) is 44.2 Å². The minimum atomic E-state index is 0.827. The van der Waals surface area contributed by atoms with Gasteiger partial charge in [-0.3, -0.25) is 0 Å². The molecule has 0 atom stereocenters. The molecule has 0 N–H and O–H groups in total. The molecule has 10 rings (SSSR count). The zero-order valence-electron chi connectivity index (χ0n) is 22.9. The number of fused-ring (bicyclic) bond motifs is 10. The van der Waals surface area contributed by atoms with Crippen LogP contribution >= 0.6 is 11.3 Å². The van der Waals surface area contributed by atoms with Crippen molar-refractivity contribution in [1.82, 2.24) is 0 Å². The van der Waals surface area contributed by atoms with E-state index in [0.29, 0.717) is 0 Å². The second kappa shape index (κ2) is 8.57. The third kappa shape index (κ3) is 3.23. The largest absolute Gasteiger partial charge is 0.456 e. The zero-order valence-corrected chi connectivity index (χ0v) is 23.7. The van der Waals surface area contributed by atoms with Gasteiger partial charge in [-0.05, 0) is 75.1 Å². The molecule has 200 valence electrons. The van der Waals surface area contributed by atoms with Gasteiger partial charge < -0.3 is 8.83 Å². The summed E-state index contributed by atoms with van der Waals surface area (Å²) in [4.78, 5) is 0. The van der Waals surface area contributed by atoms with E-state index in [1.807, 2.05) is 23.5 Å². The normalized spacial score (nSPS) is 12.2. The molecule has 0 saturated carbocycles. The molecule has 0 saturated heterocycles. The van der Waals surface area contributed by atoms with Gasteiger partial charge in [0.25, 0.3) is 0 Å². The number of furan rings is 2. The molecular formula is C40H22O2S. The molecule has 0 aliphatic heterocycles. The summed E-state index contributed by atoms with van der Waals surface area (Å²) in [5, 5.41) is 10.6. The number of hydrogen-bond acceptors (Lipinski definition) is 3. The highest BCUT2D eigenvalue weighted by atomic mass is 32.1. The number of rotatable bonds is 2. The van der Waals surface area contributed by atoms with Crippen LogP contribution in [0.1, 0.15) is 0 Å². The maximum Gasteiger partial charge on any atom is 0.146 e. The first kappa shape index (κ1) is 23.2. The molecule has 0 bridgehead atoms. The van der Waals surface area contributed by atoms with Crippen LogP contribution in [0.3, 0.4) is 0 Å². The lowest BCUT2D eigenvalue weighted by Crippen LogP contribution is -1.89. The summed E-state index contributed by atoms with van der Waals surface area (Å²) in [6.45, 7) is 0. The molecular weight excluding hydrogens is 545 g/mol. The Bertz CT molecular complexity index is 2680. The molecule has 0 spiro atoms. The minimum absolute atomic E-state index is 0.827. The lowest BCUT2D eigenvalue weighted by Gasteiger charge is -2.16. The zero-order chi connectivity index (χ0) is 28.1. The van der Waals surface area contributed by atoms with Crippen molar-refractivity contribution in [2.45, 2.75) is 0 Å². The standard InChI is InChI=1S/C40H22O2S/c1-3-13-28-26(11-1)38(23-17-20-37-31(21-23)25-10-6-8-16-36(25)43-37)27-12-2-4-14-29(27)39(28)35-22-32-34(41-35)19-18-30-24-9-5-7-15-33(24)42-40(30)32/h1-22H. The van der Waals surface area contributed by atoms with Crippen molar-refractivity contribution in [3.05, 3.63) is 133 Å². The third-order valence-electron chi connectivity index (χ3n) is 8.88. The molecule has 0 aliphatic carbocycles. The lowest BCUT2D eigenvalue weighted by atomic mass is 9.87. The molecule has 2 nitrogen and oxygen atoms in total. The smallest absolute Gasteiger partial charge is 0.146 e. The van der Waals surface area contributed by atoms with E-state index >= 15 is 0 Å². The van der Waals surface area contributed by atoms with Crippen LogP contribution in [0, 0.1) is 0 Å². The molecule has 7 aromatic carbocycles. The van der Waals surface area contributed by atoms with Gasteiger partial charge in [0.05, 0.1) is 5.39 Å². The Morgan fingerprint density at radius 2 is 0.977 bits per heavy atom. The van der Waals surface area contributed by atoms with Crippen molar-refractivity contribution in [2.24, 2.45) is 0 Å². The first-order valence-corrected chi connectivity index (χ1v) is 15.3. The van der Waals surface area contributed by atoms with E-state index in [1.165, 1.54) is 52.8 Å². The summed E-state index contributed by atoms with van der Waals surface area (Å²) in [6.07, 6.45) is 0. The number of thiophene rings is 1. The van der Waals surface area contributed by atoms with Crippen molar-refractivity contribution in [1.29, 1.82) is 0 Å². The van der Waals surface area contributed by atoms with Gasteiger partial charge in [0.2, 0.25) is 0 Å². The molecule has 0 amide bonds. The van der Waals surface area contributed by atoms with Gasteiger partial charge >= 0.3 is 0 Å². The molecule has 43 heavy (non-hydrogen) atoms. The molecule has 0 fully saturated rings. The van der Waals surface area contributed by atoms with Crippen molar-refractivity contribution < 1.29 is 8.83 Å². The quantitative estimate of drug-likeness (QED) is 0.195. The van der Waals surface area contributed by atoms with Crippen LogP contribution in [0.15, 0.2) is 142 Å². The van der Waals surface area contributed by atoms with Crippen LogP contribution < -0.4 is 0 Å². The minimum Gasteiger partial charge on any atom is -0.456 e. The highest BCUT2D eigenvalue weighted by molar-refractivity contribution is 7.25. The fourth-order valence-electron chi connectivity index (χ4n) is 7.01. The predicted molar refractivity (Wildman–Crippen MR) is 182 cm³/mol. The summed E-state index contributed by atoms with van der Waals surface area (Å²) >= 11 is 1.86. The highest BCUT2D eigenvalue weighted by Crippen LogP contribution is 2.47. The van der Waals surface area contributed by atoms with E-state index in [9.17, 15) is 0 Å². The second-order valence-corrected chi connectivity index (χ2v) is 12.3. The van der Waals surface area contributed by atoms with E-state index in [1.54, 1.807) is 0 Å². The summed E-state index contributed by atoms with van der Waals surface area (Å²) in [5.41, 5.74) is 6.18. The average Bonchev–Trinajstić information content (AvgIpc) is 3.76. The van der Waals surface area contributed by atoms with Crippen LogP contribution in [0.2, 0.25) is 0 Å². The lowest BCUT2D eigenvalue weighted by molar-refractivity contribution is 0.632. The fraction of sp³-hybridized carbons (Fsp3) is 0.